The van der Waals surface area contributed by atoms with Gasteiger partial charge in [-0.05, 0) is 79.6 Å². The highest BCUT2D eigenvalue weighted by molar-refractivity contribution is 6.12. The third kappa shape index (κ3) is 5.08. The van der Waals surface area contributed by atoms with Gasteiger partial charge in [-0.2, -0.15) is 10.4 Å². The molecule has 0 fully saturated rings. The fourth-order valence-electron chi connectivity index (χ4n) is 4.22. The molecule has 0 aliphatic heterocycles. The van der Waals surface area contributed by atoms with Gasteiger partial charge in [0.15, 0.2) is 0 Å². The van der Waals surface area contributed by atoms with Crippen molar-refractivity contribution >= 4 is 28.5 Å². The van der Waals surface area contributed by atoms with Crippen molar-refractivity contribution in [3.63, 3.8) is 0 Å². The third-order valence-electron chi connectivity index (χ3n) is 6.18. The van der Waals surface area contributed by atoms with Crippen LogP contribution in [0.15, 0.2) is 72.9 Å². The highest BCUT2D eigenvalue weighted by atomic mass is 16.5. The predicted molar refractivity (Wildman–Crippen MR) is 146 cm³/mol. The number of nitriles is 1. The molecule has 9 nitrogen and oxygen atoms in total. The Balaban J connectivity index is 1.38. The number of aryl methyl sites for hydroxylation is 1. The molecule has 3 N–H and O–H groups in total. The average molecular weight is 520 g/mol. The van der Waals surface area contributed by atoms with Crippen LogP contribution in [0.25, 0.3) is 16.6 Å². The number of rotatable bonds is 8. The Morgan fingerprint density at radius 1 is 1.08 bits per heavy atom. The number of carbonyl (C=O) groups is 2. The zero-order valence-corrected chi connectivity index (χ0v) is 21.4. The number of carbonyl (C=O) groups excluding carboxylic acids is 2. The molecule has 0 aliphatic carbocycles. The van der Waals surface area contributed by atoms with Gasteiger partial charge in [-0.15, -0.1) is 0 Å². The predicted octanol–water partition coefficient (Wildman–Crippen LogP) is 5.71. The molecule has 0 saturated heterocycles. The van der Waals surface area contributed by atoms with E-state index < -0.39 is 5.97 Å². The summed E-state index contributed by atoms with van der Waals surface area (Å²) in [6.07, 6.45) is 2.18. The molecule has 39 heavy (non-hydrogen) atoms. The molecular formula is C30H25N5O4. The molecular weight excluding hydrogens is 494 g/mol. The van der Waals surface area contributed by atoms with Gasteiger partial charge in [0.25, 0.3) is 0 Å². The number of fused-ring (bicyclic) bond motifs is 1. The van der Waals surface area contributed by atoms with Crippen molar-refractivity contribution in [1.82, 2.24) is 14.8 Å². The molecule has 2 aromatic heterocycles. The van der Waals surface area contributed by atoms with Gasteiger partial charge in [-0.1, -0.05) is 13.0 Å². The number of hydrogen-bond acceptors (Lipinski definition) is 7. The highest BCUT2D eigenvalue weighted by Gasteiger charge is 2.21. The Bertz CT molecular complexity index is 1760. The molecule has 0 bridgehead atoms. The number of nitrogens with zero attached hydrogens (tertiary/aromatic N) is 3. The molecule has 3 aromatic carbocycles. The molecule has 0 spiro atoms. The van der Waals surface area contributed by atoms with E-state index in [2.05, 4.69) is 16.2 Å². The van der Waals surface area contributed by atoms with Gasteiger partial charge in [0.1, 0.15) is 17.3 Å². The SMILES string of the molecule is CCCOC(=O)c1ccc2[nH]c(C(=O)c3cnn(-c4ccc(Oc5cccc(C#N)c5)cc4C)c3N)cc2c1. The van der Waals surface area contributed by atoms with Crippen molar-refractivity contribution in [2.45, 2.75) is 20.3 Å². The summed E-state index contributed by atoms with van der Waals surface area (Å²) < 4.78 is 12.6. The fourth-order valence-corrected chi connectivity index (χ4v) is 4.22. The van der Waals surface area contributed by atoms with E-state index >= 15 is 0 Å². The molecule has 9 heteroatoms. The van der Waals surface area contributed by atoms with Crippen molar-refractivity contribution in [2.24, 2.45) is 0 Å². The van der Waals surface area contributed by atoms with E-state index in [1.54, 1.807) is 60.7 Å². The number of nitrogens with one attached hydrogen (secondary N) is 1. The number of aromatic amines is 1. The van der Waals surface area contributed by atoms with Crippen LogP contribution in [-0.2, 0) is 4.74 Å². The maximum atomic E-state index is 13.3. The first-order valence-corrected chi connectivity index (χ1v) is 12.3. The van der Waals surface area contributed by atoms with Crippen LogP contribution in [0.4, 0.5) is 5.82 Å². The topological polar surface area (TPSA) is 136 Å². The van der Waals surface area contributed by atoms with Crippen LogP contribution in [-0.4, -0.2) is 33.1 Å². The summed E-state index contributed by atoms with van der Waals surface area (Å²) in [5.41, 5.74) is 10.1. The lowest BCUT2D eigenvalue weighted by Crippen LogP contribution is -2.08. The first-order chi connectivity index (χ1) is 18.9. The largest absolute Gasteiger partial charge is 0.462 e. The molecule has 0 atom stereocenters. The van der Waals surface area contributed by atoms with Gasteiger partial charge in [-0.3, -0.25) is 4.79 Å². The number of esters is 1. The van der Waals surface area contributed by atoms with Crippen LogP contribution in [0.1, 0.15) is 50.9 Å². The Morgan fingerprint density at radius 3 is 2.67 bits per heavy atom. The number of ether oxygens (including phenoxy) is 2. The van der Waals surface area contributed by atoms with Crippen LogP contribution < -0.4 is 10.5 Å². The van der Waals surface area contributed by atoms with E-state index in [1.807, 2.05) is 19.9 Å². The van der Waals surface area contributed by atoms with Crippen molar-refractivity contribution in [1.29, 1.82) is 5.26 Å². The Hall–Kier alpha value is -5.36. The zero-order valence-electron chi connectivity index (χ0n) is 21.4. The molecule has 0 amide bonds. The quantitative estimate of drug-likeness (QED) is 0.198. The van der Waals surface area contributed by atoms with Crippen LogP contribution >= 0.6 is 0 Å². The Morgan fingerprint density at radius 2 is 1.90 bits per heavy atom. The molecule has 194 valence electrons. The molecule has 5 aromatic rings. The van der Waals surface area contributed by atoms with E-state index in [0.717, 1.165) is 12.0 Å². The zero-order chi connectivity index (χ0) is 27.5. The van der Waals surface area contributed by atoms with Gasteiger partial charge in [-0.25, -0.2) is 9.48 Å². The minimum atomic E-state index is -0.402. The second-order valence-corrected chi connectivity index (χ2v) is 9.00. The molecule has 5 rings (SSSR count). The van der Waals surface area contributed by atoms with Crippen LogP contribution in [0.2, 0.25) is 0 Å². The van der Waals surface area contributed by atoms with E-state index in [9.17, 15) is 9.59 Å². The summed E-state index contributed by atoms with van der Waals surface area (Å²) in [6, 6.07) is 21.2. The van der Waals surface area contributed by atoms with Gasteiger partial charge >= 0.3 is 5.97 Å². The van der Waals surface area contributed by atoms with E-state index in [4.69, 9.17) is 20.5 Å². The standard InChI is InChI=1S/C30H25N5O4/c1-3-11-38-30(37)20-7-9-25-21(14-20)15-26(34-25)28(36)24-17-33-35(29(24)32)27-10-8-23(12-18(27)2)39-22-6-4-5-19(13-22)16-31/h4-10,12-15,17,34H,3,11,32H2,1-2H3. The first-order valence-electron chi connectivity index (χ1n) is 12.3. The lowest BCUT2D eigenvalue weighted by atomic mass is 10.1. The maximum absolute atomic E-state index is 13.3. The Kier molecular flexibility index (Phi) is 6.85. The molecule has 0 unspecified atom stereocenters. The second kappa shape index (κ2) is 10.6. The minimum absolute atomic E-state index is 0.195. The molecule has 0 aliphatic rings. The Labute approximate surface area is 224 Å². The number of H-pyrrole nitrogens is 1. The van der Waals surface area contributed by atoms with Gasteiger partial charge < -0.3 is 20.2 Å². The highest BCUT2D eigenvalue weighted by Crippen LogP contribution is 2.29. The monoisotopic (exact) mass is 519 g/mol. The van der Waals surface area contributed by atoms with Crippen LogP contribution in [0.3, 0.4) is 0 Å². The minimum Gasteiger partial charge on any atom is -0.462 e. The number of ketones is 1. The normalized spacial score (nSPS) is 10.8. The van der Waals surface area contributed by atoms with Crippen molar-refractivity contribution in [2.75, 3.05) is 12.3 Å². The third-order valence-corrected chi connectivity index (χ3v) is 6.18. The number of hydrogen-bond donors (Lipinski definition) is 2. The van der Waals surface area contributed by atoms with E-state index in [0.29, 0.717) is 51.5 Å². The summed E-state index contributed by atoms with van der Waals surface area (Å²) in [7, 11) is 0. The smallest absolute Gasteiger partial charge is 0.338 e. The molecule has 0 saturated carbocycles. The van der Waals surface area contributed by atoms with Gasteiger partial charge in [0, 0.05) is 10.9 Å². The number of nitrogen functional groups attached to an aromatic ring is 1. The number of anilines is 1. The van der Waals surface area contributed by atoms with Crippen LogP contribution in [0, 0.1) is 18.3 Å². The lowest BCUT2D eigenvalue weighted by molar-refractivity contribution is 0.0505. The molecule has 2 heterocycles. The van der Waals surface area contributed by atoms with E-state index in [-0.39, 0.29) is 17.2 Å². The average Bonchev–Trinajstić information content (AvgIpc) is 3.54. The van der Waals surface area contributed by atoms with Crippen molar-refractivity contribution in [3.05, 3.63) is 101 Å². The number of nitrogens with two attached hydrogens (primary N) is 1. The summed E-state index contributed by atoms with van der Waals surface area (Å²) in [4.78, 5) is 28.6. The summed E-state index contributed by atoms with van der Waals surface area (Å²) in [5.74, 6) is 0.613. The van der Waals surface area contributed by atoms with Crippen molar-refractivity contribution < 1.29 is 19.1 Å². The summed E-state index contributed by atoms with van der Waals surface area (Å²) >= 11 is 0. The molecule has 0 radical (unpaired) electrons. The van der Waals surface area contributed by atoms with Gasteiger partial charge in [0.05, 0.1) is 46.9 Å². The first kappa shape index (κ1) is 25.3. The summed E-state index contributed by atoms with van der Waals surface area (Å²) in [6.45, 7) is 4.16. The van der Waals surface area contributed by atoms with Crippen molar-refractivity contribution in [3.8, 4) is 23.3 Å². The van der Waals surface area contributed by atoms with E-state index in [1.165, 1.54) is 10.9 Å². The number of benzene rings is 3. The maximum Gasteiger partial charge on any atom is 0.338 e. The fraction of sp³-hybridized carbons (Fsp3) is 0.133. The second-order valence-electron chi connectivity index (χ2n) is 9.00. The van der Waals surface area contributed by atoms with Gasteiger partial charge in [0.2, 0.25) is 5.78 Å². The lowest BCUT2D eigenvalue weighted by Gasteiger charge is -2.11. The summed E-state index contributed by atoms with van der Waals surface area (Å²) in [5, 5.41) is 14.2. The van der Waals surface area contributed by atoms with Crippen LogP contribution in [0.5, 0.6) is 11.5 Å². The number of aromatic nitrogens is 3.